The van der Waals surface area contributed by atoms with Crippen LogP contribution >= 0.6 is 0 Å². The summed E-state index contributed by atoms with van der Waals surface area (Å²) >= 11 is 0. The van der Waals surface area contributed by atoms with Crippen molar-refractivity contribution in [3.05, 3.63) is 29.8 Å². The highest BCUT2D eigenvalue weighted by Crippen LogP contribution is 2.22. The standard InChI is InChI=1S/C16H25F3N4O/c1-20-15(21-9-8-16(17,18)19)22-11-14(23(2)3)12-6-5-7-13(10-12)24-4/h5-7,10,14H,8-9,11H2,1-4H3,(H2,20,21,22). The molecule has 1 rings (SSSR count). The van der Waals surface area contributed by atoms with Gasteiger partial charge in [0.2, 0.25) is 0 Å². The van der Waals surface area contributed by atoms with E-state index in [1.807, 2.05) is 43.3 Å². The van der Waals surface area contributed by atoms with Crippen LogP contribution < -0.4 is 15.4 Å². The lowest BCUT2D eigenvalue weighted by Gasteiger charge is -2.26. The highest BCUT2D eigenvalue weighted by molar-refractivity contribution is 5.79. The second kappa shape index (κ2) is 9.36. The molecule has 0 amide bonds. The minimum absolute atomic E-state index is 0.0151. The first-order valence-corrected chi connectivity index (χ1v) is 7.58. The largest absolute Gasteiger partial charge is 0.497 e. The normalized spacial score (nSPS) is 13.8. The first-order valence-electron chi connectivity index (χ1n) is 7.58. The number of nitrogens with one attached hydrogen (secondary N) is 2. The molecular formula is C16H25F3N4O. The first-order chi connectivity index (χ1) is 11.3. The van der Waals surface area contributed by atoms with Gasteiger partial charge in [-0.25, -0.2) is 0 Å². The van der Waals surface area contributed by atoms with Crippen molar-refractivity contribution in [2.24, 2.45) is 4.99 Å². The Hall–Kier alpha value is -1.96. The van der Waals surface area contributed by atoms with E-state index in [-0.39, 0.29) is 12.6 Å². The predicted molar refractivity (Wildman–Crippen MR) is 89.5 cm³/mol. The van der Waals surface area contributed by atoms with Gasteiger partial charge in [-0.15, -0.1) is 0 Å². The summed E-state index contributed by atoms with van der Waals surface area (Å²) in [6.07, 6.45) is -5.08. The topological polar surface area (TPSA) is 48.9 Å². The number of hydrogen-bond acceptors (Lipinski definition) is 3. The third kappa shape index (κ3) is 7.08. The van der Waals surface area contributed by atoms with Gasteiger partial charge in [-0.05, 0) is 31.8 Å². The maximum Gasteiger partial charge on any atom is 0.390 e. The van der Waals surface area contributed by atoms with Crippen LogP contribution in [-0.4, -0.2) is 58.4 Å². The summed E-state index contributed by atoms with van der Waals surface area (Å²) in [5.41, 5.74) is 1.04. The molecule has 24 heavy (non-hydrogen) atoms. The number of ether oxygens (including phenoxy) is 1. The lowest BCUT2D eigenvalue weighted by Crippen LogP contribution is -2.42. The smallest absolute Gasteiger partial charge is 0.390 e. The number of likely N-dealkylation sites (N-methyl/N-ethyl adjacent to an activating group) is 1. The monoisotopic (exact) mass is 346 g/mol. The number of halogens is 3. The molecular weight excluding hydrogens is 321 g/mol. The first kappa shape index (κ1) is 20.1. The Balaban J connectivity index is 2.65. The zero-order valence-corrected chi connectivity index (χ0v) is 14.4. The summed E-state index contributed by atoms with van der Waals surface area (Å²) in [6.45, 7) is 0.279. The third-order valence-corrected chi connectivity index (χ3v) is 3.49. The van der Waals surface area contributed by atoms with Crippen LogP contribution in [0.1, 0.15) is 18.0 Å². The Morgan fingerprint density at radius 1 is 1.29 bits per heavy atom. The molecule has 1 aromatic carbocycles. The van der Waals surface area contributed by atoms with Gasteiger partial charge in [0, 0.05) is 20.1 Å². The number of alkyl halides is 3. The van der Waals surface area contributed by atoms with Crippen LogP contribution in [0.4, 0.5) is 13.2 Å². The summed E-state index contributed by atoms with van der Waals surface area (Å²) in [7, 11) is 7.00. The van der Waals surface area contributed by atoms with Gasteiger partial charge in [-0.1, -0.05) is 12.1 Å². The summed E-state index contributed by atoms with van der Waals surface area (Å²) in [5.74, 6) is 1.10. The molecule has 0 spiro atoms. The molecule has 0 bridgehead atoms. The molecule has 1 atom stereocenters. The molecule has 1 unspecified atom stereocenters. The molecule has 136 valence electrons. The van der Waals surface area contributed by atoms with Crippen molar-refractivity contribution < 1.29 is 17.9 Å². The van der Waals surface area contributed by atoms with E-state index < -0.39 is 12.6 Å². The Labute approximate surface area is 140 Å². The lowest BCUT2D eigenvalue weighted by atomic mass is 10.1. The van der Waals surface area contributed by atoms with Crippen molar-refractivity contribution in [1.82, 2.24) is 15.5 Å². The van der Waals surface area contributed by atoms with Gasteiger partial charge in [0.05, 0.1) is 19.6 Å². The highest BCUT2D eigenvalue weighted by Gasteiger charge is 2.26. The van der Waals surface area contributed by atoms with Crippen LogP contribution in [0.15, 0.2) is 29.3 Å². The fourth-order valence-electron chi connectivity index (χ4n) is 2.18. The summed E-state index contributed by atoms with van der Waals surface area (Å²) in [5, 5.41) is 5.73. The van der Waals surface area contributed by atoms with E-state index in [4.69, 9.17) is 4.74 Å². The number of nitrogens with zero attached hydrogens (tertiary/aromatic N) is 2. The van der Waals surface area contributed by atoms with Crippen molar-refractivity contribution in [2.45, 2.75) is 18.6 Å². The molecule has 8 heteroatoms. The van der Waals surface area contributed by atoms with E-state index in [1.165, 1.54) is 7.05 Å². The van der Waals surface area contributed by atoms with Crippen LogP contribution in [-0.2, 0) is 0 Å². The van der Waals surface area contributed by atoms with E-state index >= 15 is 0 Å². The van der Waals surface area contributed by atoms with E-state index in [9.17, 15) is 13.2 Å². The van der Waals surface area contributed by atoms with E-state index in [1.54, 1.807) is 7.11 Å². The fourth-order valence-corrected chi connectivity index (χ4v) is 2.18. The van der Waals surface area contributed by atoms with Crippen LogP contribution in [0, 0.1) is 0 Å². The third-order valence-electron chi connectivity index (χ3n) is 3.49. The molecule has 1 aromatic rings. The molecule has 0 heterocycles. The molecule has 5 nitrogen and oxygen atoms in total. The number of guanidine groups is 1. The summed E-state index contributed by atoms with van der Waals surface area (Å²) in [6, 6.07) is 7.70. The van der Waals surface area contributed by atoms with Gasteiger partial charge in [0.15, 0.2) is 5.96 Å². The molecule has 0 aromatic heterocycles. The zero-order valence-electron chi connectivity index (χ0n) is 14.4. The highest BCUT2D eigenvalue weighted by atomic mass is 19.4. The van der Waals surface area contributed by atoms with Crippen molar-refractivity contribution in [3.8, 4) is 5.75 Å². The Morgan fingerprint density at radius 2 is 2.00 bits per heavy atom. The molecule has 0 radical (unpaired) electrons. The second-order valence-electron chi connectivity index (χ2n) is 5.50. The van der Waals surface area contributed by atoms with E-state index in [0.29, 0.717) is 12.5 Å². The lowest BCUT2D eigenvalue weighted by molar-refractivity contribution is -0.132. The van der Waals surface area contributed by atoms with Gasteiger partial charge in [0.1, 0.15) is 5.75 Å². The average molecular weight is 346 g/mol. The fraction of sp³-hybridized carbons (Fsp3) is 0.562. The van der Waals surface area contributed by atoms with Crippen LogP contribution in [0.25, 0.3) is 0 Å². The number of rotatable bonds is 7. The van der Waals surface area contributed by atoms with E-state index in [2.05, 4.69) is 15.6 Å². The minimum atomic E-state index is -4.18. The molecule has 0 aliphatic heterocycles. The molecule has 0 aliphatic rings. The van der Waals surface area contributed by atoms with Gasteiger partial charge in [-0.2, -0.15) is 13.2 Å². The summed E-state index contributed by atoms with van der Waals surface area (Å²) < 4.78 is 41.8. The van der Waals surface area contributed by atoms with Crippen molar-refractivity contribution in [2.75, 3.05) is 41.3 Å². The minimum Gasteiger partial charge on any atom is -0.497 e. The van der Waals surface area contributed by atoms with Crippen LogP contribution in [0.2, 0.25) is 0 Å². The van der Waals surface area contributed by atoms with Crippen LogP contribution in [0.5, 0.6) is 5.75 Å². The second-order valence-corrected chi connectivity index (χ2v) is 5.50. The molecule has 0 saturated heterocycles. The predicted octanol–water partition coefficient (Wildman–Crippen LogP) is 2.42. The Kier molecular flexibility index (Phi) is 7.84. The number of aliphatic imine (C=N–C) groups is 1. The Morgan fingerprint density at radius 3 is 2.54 bits per heavy atom. The number of hydrogen-bond donors (Lipinski definition) is 2. The van der Waals surface area contributed by atoms with Gasteiger partial charge in [0.25, 0.3) is 0 Å². The molecule has 2 N–H and O–H groups in total. The van der Waals surface area contributed by atoms with Crippen molar-refractivity contribution in [1.29, 1.82) is 0 Å². The van der Waals surface area contributed by atoms with Crippen LogP contribution in [0.3, 0.4) is 0 Å². The maximum absolute atomic E-state index is 12.2. The maximum atomic E-state index is 12.2. The number of methoxy groups -OCH3 is 1. The molecule has 0 aliphatic carbocycles. The zero-order chi connectivity index (χ0) is 18.2. The number of benzene rings is 1. The van der Waals surface area contributed by atoms with Crippen molar-refractivity contribution in [3.63, 3.8) is 0 Å². The van der Waals surface area contributed by atoms with Gasteiger partial charge < -0.3 is 20.3 Å². The Bertz CT molecular complexity index is 532. The quantitative estimate of drug-likeness (QED) is 0.588. The van der Waals surface area contributed by atoms with E-state index in [0.717, 1.165) is 11.3 Å². The molecule has 0 fully saturated rings. The van der Waals surface area contributed by atoms with Gasteiger partial charge >= 0.3 is 6.18 Å². The SMILES string of the molecule is CN=C(NCCC(F)(F)F)NCC(c1cccc(OC)c1)N(C)C. The molecule has 0 saturated carbocycles. The van der Waals surface area contributed by atoms with Crippen molar-refractivity contribution >= 4 is 5.96 Å². The average Bonchev–Trinajstić information content (AvgIpc) is 2.52. The van der Waals surface area contributed by atoms with Gasteiger partial charge in [-0.3, -0.25) is 4.99 Å². The summed E-state index contributed by atoms with van der Waals surface area (Å²) in [4.78, 5) is 5.97.